The normalized spacial score (nSPS) is 11.7. The summed E-state index contributed by atoms with van der Waals surface area (Å²) in [6.45, 7) is 0.606. The second-order valence-electron chi connectivity index (χ2n) is 6.37. The number of hydrogen-bond donors (Lipinski definition) is 2. The van der Waals surface area contributed by atoms with Gasteiger partial charge in [-0.1, -0.05) is 24.3 Å². The minimum Gasteiger partial charge on any atom is -0.324 e. The predicted molar refractivity (Wildman–Crippen MR) is 114 cm³/mol. The number of para-hydroxylation sites is 1. The van der Waals surface area contributed by atoms with Gasteiger partial charge in [-0.15, -0.1) is 0 Å². The van der Waals surface area contributed by atoms with Crippen molar-refractivity contribution < 1.29 is 8.42 Å². The molecule has 0 amide bonds. The van der Waals surface area contributed by atoms with E-state index in [9.17, 15) is 8.42 Å². The average Bonchev–Trinajstić information content (AvgIpc) is 3.18. The van der Waals surface area contributed by atoms with Crippen LogP contribution in [-0.4, -0.2) is 35.1 Å². The average molecular weight is 473 g/mol. The van der Waals surface area contributed by atoms with Crippen LogP contribution in [0.3, 0.4) is 0 Å². The zero-order valence-corrected chi connectivity index (χ0v) is 17.6. The second kappa shape index (κ2) is 7.90. The lowest BCUT2D eigenvalue weighted by atomic mass is 10.1. The summed E-state index contributed by atoms with van der Waals surface area (Å²) >= 11 is 3.62. The van der Waals surface area contributed by atoms with Crippen molar-refractivity contribution in [3.63, 3.8) is 0 Å². The van der Waals surface area contributed by atoms with Crippen molar-refractivity contribution in [2.45, 2.75) is 11.3 Å². The van der Waals surface area contributed by atoms with E-state index < -0.39 is 10.0 Å². The molecule has 4 aromatic rings. The number of aromatic nitrogens is 4. The molecule has 4 rings (SSSR count). The van der Waals surface area contributed by atoms with Gasteiger partial charge in [0.05, 0.1) is 22.2 Å². The fourth-order valence-corrected chi connectivity index (χ4v) is 4.08. The Bertz CT molecular complexity index is 1260. The van der Waals surface area contributed by atoms with Crippen molar-refractivity contribution in [1.82, 2.24) is 20.2 Å². The van der Waals surface area contributed by atoms with Crippen molar-refractivity contribution in [2.24, 2.45) is 5.14 Å². The number of primary sulfonamides is 1. The molecule has 10 heteroatoms. The second-order valence-corrected chi connectivity index (χ2v) is 8.79. The molecule has 0 atom stereocenters. The molecule has 3 N–H and O–H groups in total. The number of sulfonamides is 1. The highest BCUT2D eigenvalue weighted by Crippen LogP contribution is 2.34. The summed E-state index contributed by atoms with van der Waals surface area (Å²) in [5, 5.41) is 12.9. The number of fused-ring (bicyclic) bond motifs is 1. The summed E-state index contributed by atoms with van der Waals surface area (Å²) in [5.41, 5.74) is 2.59. The molecule has 0 spiro atoms. The standard InChI is InChI=1S/C19H17BrN6O2S/c20-16-3-1-2-4-17(16)26(19-15-11-24-25-18(15)22-12-23-19)10-9-13-5-7-14(8-6-13)29(21,27)28/h1-8,11-12H,9-10H2,(H2,21,27,28)(H,22,23,24,25). The number of nitrogens with two attached hydrogens (primary N) is 1. The van der Waals surface area contributed by atoms with Gasteiger partial charge < -0.3 is 4.90 Å². The van der Waals surface area contributed by atoms with E-state index in [-0.39, 0.29) is 4.90 Å². The molecule has 148 valence electrons. The summed E-state index contributed by atoms with van der Waals surface area (Å²) in [6.07, 6.45) is 3.87. The van der Waals surface area contributed by atoms with Gasteiger partial charge in [0.25, 0.3) is 0 Å². The van der Waals surface area contributed by atoms with Crippen LogP contribution in [0.15, 0.2) is 70.4 Å². The number of benzene rings is 2. The Kier molecular flexibility index (Phi) is 5.31. The fraction of sp³-hybridized carbons (Fsp3) is 0.105. The molecule has 0 aliphatic heterocycles. The molecular weight excluding hydrogens is 456 g/mol. The van der Waals surface area contributed by atoms with Gasteiger partial charge in [-0.2, -0.15) is 5.10 Å². The lowest BCUT2D eigenvalue weighted by Crippen LogP contribution is -2.22. The lowest BCUT2D eigenvalue weighted by molar-refractivity contribution is 0.598. The molecule has 8 nitrogen and oxygen atoms in total. The first-order chi connectivity index (χ1) is 13.9. The minimum absolute atomic E-state index is 0.0971. The topological polar surface area (TPSA) is 118 Å². The smallest absolute Gasteiger partial charge is 0.238 e. The largest absolute Gasteiger partial charge is 0.324 e. The molecule has 29 heavy (non-hydrogen) atoms. The van der Waals surface area contributed by atoms with Gasteiger partial charge >= 0.3 is 0 Å². The maximum Gasteiger partial charge on any atom is 0.238 e. The first-order valence-electron chi connectivity index (χ1n) is 8.71. The third kappa shape index (κ3) is 4.14. The maximum absolute atomic E-state index is 11.5. The quantitative estimate of drug-likeness (QED) is 0.444. The highest BCUT2D eigenvalue weighted by atomic mass is 79.9. The summed E-state index contributed by atoms with van der Waals surface area (Å²) in [6, 6.07) is 14.5. The third-order valence-electron chi connectivity index (χ3n) is 4.50. The molecule has 0 radical (unpaired) electrons. The first-order valence-corrected chi connectivity index (χ1v) is 11.1. The number of hydrogen-bond acceptors (Lipinski definition) is 6. The molecule has 2 aromatic carbocycles. The van der Waals surface area contributed by atoms with E-state index in [0.29, 0.717) is 18.6 Å². The third-order valence-corrected chi connectivity index (χ3v) is 6.10. The van der Waals surface area contributed by atoms with Crippen LogP contribution in [0.5, 0.6) is 0 Å². The molecule has 0 bridgehead atoms. The molecule has 0 fully saturated rings. The van der Waals surface area contributed by atoms with Crippen molar-refractivity contribution in [2.75, 3.05) is 11.4 Å². The fourth-order valence-electron chi connectivity index (χ4n) is 3.07. The molecule has 0 saturated heterocycles. The molecule has 2 heterocycles. The van der Waals surface area contributed by atoms with Gasteiger partial charge in [0, 0.05) is 11.0 Å². The molecule has 0 saturated carbocycles. The number of rotatable bonds is 6. The number of aromatic amines is 1. The van der Waals surface area contributed by atoms with Crippen LogP contribution in [0.2, 0.25) is 0 Å². The van der Waals surface area contributed by atoms with Gasteiger partial charge in [0.2, 0.25) is 10.0 Å². The summed E-state index contributed by atoms with van der Waals surface area (Å²) in [4.78, 5) is 10.9. The SMILES string of the molecule is NS(=O)(=O)c1ccc(CCN(c2ccccc2Br)c2ncnc3[nH]ncc23)cc1. The Morgan fingerprint density at radius 2 is 1.83 bits per heavy atom. The van der Waals surface area contributed by atoms with Crippen LogP contribution >= 0.6 is 15.9 Å². The predicted octanol–water partition coefficient (Wildman–Crippen LogP) is 3.14. The van der Waals surface area contributed by atoms with E-state index in [2.05, 4.69) is 41.0 Å². The molecular formula is C19H17BrN6O2S. The number of nitrogens with zero attached hydrogens (tertiary/aromatic N) is 4. The van der Waals surface area contributed by atoms with E-state index in [4.69, 9.17) is 5.14 Å². The Balaban J connectivity index is 1.68. The Labute approximate surface area is 176 Å². The van der Waals surface area contributed by atoms with Crippen molar-refractivity contribution >= 4 is 48.5 Å². The van der Waals surface area contributed by atoms with Crippen molar-refractivity contribution in [3.05, 3.63) is 71.1 Å². The Morgan fingerprint density at radius 1 is 1.07 bits per heavy atom. The van der Waals surface area contributed by atoms with Crippen LogP contribution in [0.25, 0.3) is 11.0 Å². The number of halogens is 1. The van der Waals surface area contributed by atoms with Crippen molar-refractivity contribution in [1.29, 1.82) is 0 Å². The maximum atomic E-state index is 11.5. The van der Waals surface area contributed by atoms with Crippen LogP contribution < -0.4 is 10.0 Å². The Hall–Kier alpha value is -2.82. The van der Waals surface area contributed by atoms with E-state index in [1.807, 2.05) is 24.3 Å². The van der Waals surface area contributed by atoms with E-state index in [1.54, 1.807) is 18.3 Å². The van der Waals surface area contributed by atoms with E-state index in [1.165, 1.54) is 18.5 Å². The van der Waals surface area contributed by atoms with Crippen LogP contribution in [0.1, 0.15) is 5.56 Å². The summed E-state index contributed by atoms with van der Waals surface area (Å²) in [7, 11) is -3.70. The molecule has 0 aliphatic rings. The summed E-state index contributed by atoms with van der Waals surface area (Å²) in [5.74, 6) is 0.733. The highest BCUT2D eigenvalue weighted by molar-refractivity contribution is 9.10. The molecule has 0 aliphatic carbocycles. The van der Waals surface area contributed by atoms with Crippen LogP contribution in [-0.2, 0) is 16.4 Å². The number of nitrogens with one attached hydrogen (secondary N) is 1. The van der Waals surface area contributed by atoms with Gasteiger partial charge in [-0.3, -0.25) is 5.10 Å². The summed E-state index contributed by atoms with van der Waals surface area (Å²) < 4.78 is 23.8. The lowest BCUT2D eigenvalue weighted by Gasteiger charge is -2.25. The van der Waals surface area contributed by atoms with E-state index >= 15 is 0 Å². The van der Waals surface area contributed by atoms with Crippen LogP contribution in [0.4, 0.5) is 11.5 Å². The Morgan fingerprint density at radius 3 is 2.55 bits per heavy atom. The van der Waals surface area contributed by atoms with E-state index in [0.717, 1.165) is 26.9 Å². The first kappa shape index (κ1) is 19.5. The van der Waals surface area contributed by atoms with Gasteiger partial charge in [0.1, 0.15) is 12.1 Å². The monoisotopic (exact) mass is 472 g/mol. The van der Waals surface area contributed by atoms with Crippen LogP contribution in [0, 0.1) is 0 Å². The zero-order valence-electron chi connectivity index (χ0n) is 15.2. The highest BCUT2D eigenvalue weighted by Gasteiger charge is 2.18. The number of anilines is 2. The molecule has 2 aromatic heterocycles. The zero-order chi connectivity index (χ0) is 20.4. The minimum atomic E-state index is -3.70. The van der Waals surface area contributed by atoms with Gasteiger partial charge in [0.15, 0.2) is 5.65 Å². The van der Waals surface area contributed by atoms with Gasteiger partial charge in [-0.25, -0.2) is 23.5 Å². The number of H-pyrrole nitrogens is 1. The van der Waals surface area contributed by atoms with Gasteiger partial charge in [-0.05, 0) is 52.2 Å². The molecule has 0 unspecified atom stereocenters. The van der Waals surface area contributed by atoms with Crippen molar-refractivity contribution in [3.8, 4) is 0 Å².